The molecule has 0 spiro atoms. The molecule has 3 unspecified atom stereocenters. The summed E-state index contributed by atoms with van der Waals surface area (Å²) in [5.74, 6) is -1.38. The summed E-state index contributed by atoms with van der Waals surface area (Å²) in [4.78, 5) is 61.9. The van der Waals surface area contributed by atoms with Crippen molar-refractivity contribution in [2.45, 2.75) is 199 Å². The second-order valence-electron chi connectivity index (χ2n) is 17.7. The molecule has 0 amide bonds. The van der Waals surface area contributed by atoms with Gasteiger partial charge in [0.05, 0.1) is 13.2 Å². The lowest BCUT2D eigenvalue weighted by Gasteiger charge is -2.21. The van der Waals surface area contributed by atoms with Crippen molar-refractivity contribution in [1.29, 1.82) is 0 Å². The Morgan fingerprint density at radius 1 is 0.667 bits per heavy atom. The maximum Gasteiger partial charge on any atom is 0.481 e. The summed E-state index contributed by atoms with van der Waals surface area (Å²) in [6, 6.07) is 1.24. The van der Waals surface area contributed by atoms with E-state index in [-0.39, 0.29) is 18.7 Å². The Bertz CT molecular complexity index is 1990. The predicted molar refractivity (Wildman–Crippen MR) is 279 cm³/mol. The molecule has 0 aliphatic carbocycles. The van der Waals surface area contributed by atoms with E-state index < -0.39 is 83.7 Å². The highest BCUT2D eigenvalue weighted by molar-refractivity contribution is 7.61. The van der Waals surface area contributed by atoms with Crippen molar-refractivity contribution < 1.29 is 66.3 Å². The van der Waals surface area contributed by atoms with Gasteiger partial charge in [-0.2, -0.15) is 9.29 Å². The molecule has 408 valence electrons. The number of hydrogen-bond acceptors (Lipinski definition) is 15. The third kappa shape index (κ3) is 31.7. The maximum atomic E-state index is 12.9. The van der Waals surface area contributed by atoms with Crippen LogP contribution in [0, 0.1) is 0 Å². The van der Waals surface area contributed by atoms with Crippen LogP contribution in [0.1, 0.15) is 174 Å². The molecule has 0 radical (unpaired) electrons. The quantitative estimate of drug-likeness (QED) is 0.0176. The van der Waals surface area contributed by atoms with Crippen molar-refractivity contribution in [1.82, 2.24) is 9.55 Å². The van der Waals surface area contributed by atoms with E-state index in [0.29, 0.717) is 19.3 Å². The molecular weight excluding hydrogens is 969 g/mol. The second kappa shape index (κ2) is 39.6. The number of anilines is 1. The van der Waals surface area contributed by atoms with Gasteiger partial charge in [-0.05, 0) is 89.5 Å². The van der Waals surface area contributed by atoms with Gasteiger partial charge in [0.1, 0.15) is 30.7 Å². The number of aromatic nitrogens is 2. The molecule has 0 aromatic carbocycles. The van der Waals surface area contributed by atoms with E-state index in [9.17, 15) is 43.5 Å². The van der Waals surface area contributed by atoms with Crippen LogP contribution in [0.2, 0.25) is 0 Å². The molecule has 1 aliphatic rings. The minimum Gasteiger partial charge on any atom is -0.462 e. The van der Waals surface area contributed by atoms with Crippen LogP contribution in [0.25, 0.3) is 0 Å². The van der Waals surface area contributed by atoms with Crippen molar-refractivity contribution in [3.8, 4) is 0 Å². The van der Waals surface area contributed by atoms with E-state index in [1.807, 2.05) is 12.2 Å². The highest BCUT2D eigenvalue weighted by Gasteiger charge is 2.46. The number of carbonyl (C=O) groups excluding carboxylic acids is 2. The summed E-state index contributed by atoms with van der Waals surface area (Å²) >= 11 is 0. The second-order valence-corrected chi connectivity index (χ2v) is 20.7. The SMILES string of the molecule is CCCCC/C=C\C/C=C\C/C=C\C/C=C\CCCC(=O)OC[C@H](COP(=O)(O)OP(=O)(O)OC[C@H]1O[C@@H](n2ccc(N)nc2=O)C(O)[C@H]1O)OC(=O)CCCCCCCCC/C=C\C/C=C\CCCCC. The Kier molecular flexibility index (Phi) is 35.4. The molecule has 7 atom stereocenters. The third-order valence-electron chi connectivity index (χ3n) is 11.3. The monoisotopic (exact) mass is 1050 g/mol. The van der Waals surface area contributed by atoms with Gasteiger partial charge in [-0.1, -0.05) is 145 Å². The first kappa shape index (κ1) is 64.3. The van der Waals surface area contributed by atoms with Gasteiger partial charge in [-0.3, -0.25) is 23.2 Å². The number of rotatable bonds is 42. The number of aliphatic hydroxyl groups is 2. The Labute approximate surface area is 427 Å². The largest absolute Gasteiger partial charge is 0.481 e. The van der Waals surface area contributed by atoms with E-state index in [1.54, 1.807) is 0 Å². The van der Waals surface area contributed by atoms with Crippen molar-refractivity contribution in [2.75, 3.05) is 25.6 Å². The number of nitrogens with two attached hydrogens (primary N) is 1. The summed E-state index contributed by atoms with van der Waals surface area (Å²) in [6.07, 6.45) is 41.2. The van der Waals surface area contributed by atoms with Crippen LogP contribution in [0.15, 0.2) is 90.0 Å². The number of hydrogen-bond donors (Lipinski definition) is 5. The van der Waals surface area contributed by atoms with Crippen LogP contribution >= 0.6 is 15.6 Å². The average Bonchev–Trinajstić information content (AvgIpc) is 3.62. The molecule has 0 saturated carbocycles. The number of phosphoric ester groups is 2. The number of carbonyl (C=O) groups is 2. The van der Waals surface area contributed by atoms with Crippen LogP contribution in [0.3, 0.4) is 0 Å². The molecule has 18 nitrogen and oxygen atoms in total. The van der Waals surface area contributed by atoms with Crippen molar-refractivity contribution >= 4 is 33.4 Å². The minimum atomic E-state index is -5.44. The van der Waals surface area contributed by atoms with Crippen LogP contribution in [-0.4, -0.2) is 85.7 Å². The molecule has 2 heterocycles. The van der Waals surface area contributed by atoms with Gasteiger partial charge in [0.15, 0.2) is 12.3 Å². The van der Waals surface area contributed by atoms with Crippen molar-refractivity contribution in [2.24, 2.45) is 0 Å². The highest BCUT2D eigenvalue weighted by atomic mass is 31.3. The summed E-state index contributed by atoms with van der Waals surface area (Å²) in [5.41, 5.74) is 4.58. The predicted octanol–water partition coefficient (Wildman–Crippen LogP) is 10.9. The number of ether oxygens (including phenoxy) is 3. The van der Waals surface area contributed by atoms with Gasteiger partial charge in [0.2, 0.25) is 0 Å². The van der Waals surface area contributed by atoms with Gasteiger partial charge in [0, 0.05) is 19.0 Å². The Morgan fingerprint density at radius 3 is 1.68 bits per heavy atom. The van der Waals surface area contributed by atoms with Crippen molar-refractivity contribution in [3.63, 3.8) is 0 Å². The number of allylic oxidation sites excluding steroid dienone is 12. The lowest BCUT2D eigenvalue weighted by Crippen LogP contribution is -2.36. The molecule has 1 aliphatic heterocycles. The third-order valence-corrected chi connectivity index (χ3v) is 13.9. The molecular formula is C52H85N3O15P2. The smallest absolute Gasteiger partial charge is 0.462 e. The average molecular weight is 1050 g/mol. The zero-order valence-corrected chi connectivity index (χ0v) is 44.5. The Morgan fingerprint density at radius 2 is 1.14 bits per heavy atom. The summed E-state index contributed by atoms with van der Waals surface area (Å²) < 4.78 is 56.8. The first-order valence-corrected chi connectivity index (χ1v) is 28.9. The minimum absolute atomic E-state index is 0.0262. The number of unbranched alkanes of at least 4 members (excludes halogenated alkanes) is 14. The van der Waals surface area contributed by atoms with E-state index in [4.69, 9.17) is 29.0 Å². The molecule has 0 bridgehead atoms. The topological polar surface area (TPSA) is 265 Å². The number of esters is 2. The molecule has 2 rings (SSSR count). The highest BCUT2D eigenvalue weighted by Crippen LogP contribution is 2.60. The standard InChI is InChI=1S/C52H85N3O15P2/c1-3-5-7-9-11-13-15-17-19-21-23-25-27-29-31-33-35-37-47(56)65-41-44(68-48(57)38-36-34-32-30-28-26-24-22-20-18-16-14-12-10-8-6-4-2)42-66-71(61,62)70-72(63,64)67-43-45-49(58)50(59)51(69-45)55-40-39-46(53)54-52(55)60/h11-14,17-20,23,25,29,31,39-40,44-45,49-51,58-59H,3-10,15-16,21-22,24,26-28,30,32-38,41-43H2,1-2H3,(H,61,62)(H,63,64)(H2,53,54,60)/b13-11-,14-12-,19-17-,20-18-,25-23-,31-29-/t44-,45-,49+,50?,51-/m1/s1. The lowest BCUT2D eigenvalue weighted by atomic mass is 10.1. The molecule has 6 N–H and O–H groups in total. The van der Waals surface area contributed by atoms with Crippen molar-refractivity contribution in [3.05, 3.63) is 95.7 Å². The zero-order chi connectivity index (χ0) is 52.7. The molecule has 1 saturated heterocycles. The summed E-state index contributed by atoms with van der Waals surface area (Å²) in [6.45, 7) is 2.04. The first-order chi connectivity index (χ1) is 34.7. The van der Waals surface area contributed by atoms with Gasteiger partial charge in [0.25, 0.3) is 0 Å². The van der Waals surface area contributed by atoms with Gasteiger partial charge in [-0.15, -0.1) is 0 Å². The van der Waals surface area contributed by atoms with E-state index in [2.05, 4.69) is 83.9 Å². The first-order valence-electron chi connectivity index (χ1n) is 25.9. The molecule has 1 aromatic heterocycles. The maximum absolute atomic E-state index is 12.9. The van der Waals surface area contributed by atoms with E-state index >= 15 is 0 Å². The normalized spacial score (nSPS) is 19.6. The summed E-state index contributed by atoms with van der Waals surface area (Å²) in [7, 11) is -10.9. The van der Waals surface area contributed by atoms with Gasteiger partial charge in [-0.25, -0.2) is 13.9 Å². The summed E-state index contributed by atoms with van der Waals surface area (Å²) in [5, 5.41) is 20.9. The fourth-order valence-corrected chi connectivity index (χ4v) is 9.33. The Balaban J connectivity index is 1.82. The molecule has 20 heteroatoms. The van der Waals surface area contributed by atoms with E-state index in [1.165, 1.54) is 44.6 Å². The Hall–Kier alpha value is -3.80. The van der Waals surface area contributed by atoms with E-state index in [0.717, 1.165) is 94.2 Å². The number of nitrogens with zero attached hydrogens (tertiary/aromatic N) is 2. The van der Waals surface area contributed by atoms with Crippen LogP contribution in [-0.2, 0) is 46.3 Å². The van der Waals surface area contributed by atoms with Crippen LogP contribution in [0.4, 0.5) is 5.82 Å². The lowest BCUT2D eigenvalue weighted by molar-refractivity contribution is -0.161. The molecule has 72 heavy (non-hydrogen) atoms. The van der Waals surface area contributed by atoms with Gasteiger partial charge < -0.3 is 39.9 Å². The molecule has 1 fully saturated rings. The number of nitrogen functional groups attached to an aromatic ring is 1. The molecule has 1 aromatic rings. The number of aliphatic hydroxyl groups excluding tert-OH is 2. The number of phosphoric acid groups is 2. The zero-order valence-electron chi connectivity index (χ0n) is 42.7. The van der Waals surface area contributed by atoms with Crippen LogP contribution < -0.4 is 11.4 Å². The van der Waals surface area contributed by atoms with Crippen LogP contribution in [0.5, 0.6) is 0 Å². The fourth-order valence-electron chi connectivity index (χ4n) is 7.22. The van der Waals surface area contributed by atoms with Gasteiger partial charge >= 0.3 is 33.3 Å². The fraction of sp³-hybridized carbons (Fsp3) is 0.654.